The maximum absolute atomic E-state index is 15.0. The summed E-state index contributed by atoms with van der Waals surface area (Å²) in [7, 11) is 1.18. The van der Waals surface area contributed by atoms with Crippen molar-refractivity contribution >= 4 is 22.3 Å². The molecule has 0 amide bonds. The number of carbonyl (C=O) groups excluding carboxylic acids is 2. The fourth-order valence-electron chi connectivity index (χ4n) is 11.3. The van der Waals surface area contributed by atoms with Gasteiger partial charge in [0.1, 0.15) is 66.1 Å². The molecule has 2 aromatic rings. The molecule has 76 heavy (non-hydrogen) atoms. The maximum atomic E-state index is 15.0. The molecule has 0 bridgehead atoms. The third-order valence-electron chi connectivity index (χ3n) is 15.9. The number of carbonyl (C=O) groups is 2. The fourth-order valence-corrected chi connectivity index (χ4v) is 11.3. The van der Waals surface area contributed by atoms with Gasteiger partial charge in [0, 0.05) is 50.7 Å². The third kappa shape index (κ3) is 11.9. The summed E-state index contributed by atoms with van der Waals surface area (Å²) in [6, 6.07) is 3.03. The number of ketones is 2. The number of phenols is 2. The van der Waals surface area contributed by atoms with Gasteiger partial charge in [0.15, 0.2) is 36.7 Å². The second-order valence-electron chi connectivity index (χ2n) is 21.7. The van der Waals surface area contributed by atoms with Gasteiger partial charge in [0.05, 0.1) is 77.6 Å². The molecule has 0 aromatic heterocycles. The molecule has 5 unspecified atom stereocenters. The normalized spacial score (nSPS) is 42.5. The molecule has 5 heterocycles. The van der Waals surface area contributed by atoms with E-state index in [-0.39, 0.29) is 71.7 Å². The average molecular weight is 1090 g/mol. The number of aliphatic hydroxyl groups excluding tert-OH is 8. The summed E-state index contributed by atoms with van der Waals surface area (Å²) in [5.41, 5.74) is -1.47. The Morgan fingerprint density at radius 1 is 0.684 bits per heavy atom. The lowest BCUT2D eigenvalue weighted by Crippen LogP contribution is -2.58. The Hall–Kier alpha value is -3.32. The second kappa shape index (κ2) is 23.4. The Bertz CT molecular complexity index is 2350. The third-order valence-corrected chi connectivity index (χ3v) is 15.9. The molecule has 0 radical (unpaired) electrons. The quantitative estimate of drug-likeness (QED) is 0.110. The topological polar surface area (TPSA) is 358 Å². The predicted octanol–water partition coefficient (Wildman–Crippen LogP) is -0.249. The summed E-state index contributed by atoms with van der Waals surface area (Å²) in [5.74, 6) is -4.07. The molecule has 2 aromatic carbocycles. The monoisotopic (exact) mass is 1080 g/mol. The highest BCUT2D eigenvalue weighted by molar-refractivity contribution is 6.11. The molecule has 8 rings (SSSR count). The van der Waals surface area contributed by atoms with Crippen LogP contribution in [0, 0.1) is 12.8 Å². The number of ether oxygens (including phenoxy) is 11. The van der Waals surface area contributed by atoms with Crippen LogP contribution in [0.25, 0.3) is 10.8 Å². The molecule has 0 saturated carbocycles. The van der Waals surface area contributed by atoms with Crippen LogP contribution >= 0.6 is 0 Å². The molecule has 6 aliphatic rings. The minimum absolute atomic E-state index is 0.0365. The highest BCUT2D eigenvalue weighted by atomic mass is 16.7. The van der Waals surface area contributed by atoms with E-state index in [0.717, 1.165) is 0 Å². The summed E-state index contributed by atoms with van der Waals surface area (Å²) < 4.78 is 66.5. The van der Waals surface area contributed by atoms with E-state index in [4.69, 9.17) is 52.1 Å². The van der Waals surface area contributed by atoms with E-state index >= 15 is 4.79 Å². The van der Waals surface area contributed by atoms with Gasteiger partial charge in [-0.2, -0.15) is 0 Å². The van der Waals surface area contributed by atoms with Crippen molar-refractivity contribution in [3.05, 3.63) is 28.8 Å². The zero-order valence-corrected chi connectivity index (χ0v) is 44.0. The van der Waals surface area contributed by atoms with E-state index in [0.29, 0.717) is 0 Å². The zero-order valence-electron chi connectivity index (χ0n) is 44.0. The van der Waals surface area contributed by atoms with Crippen LogP contribution in [-0.4, -0.2) is 222 Å². The van der Waals surface area contributed by atoms with Gasteiger partial charge in [-0.3, -0.25) is 9.59 Å². The molecular weight excluding hydrogens is 1010 g/mol. The number of Topliss-reactive ketones (excluding diaryl/α,β-unsaturated/α-hetero) is 2. The van der Waals surface area contributed by atoms with Crippen molar-refractivity contribution in [2.24, 2.45) is 5.92 Å². The van der Waals surface area contributed by atoms with E-state index < -0.39 is 176 Å². The number of methoxy groups -OCH3 is 1. The van der Waals surface area contributed by atoms with Crippen LogP contribution in [0.2, 0.25) is 0 Å². The number of hydrogen-bond acceptors (Lipinski definition) is 24. The first kappa shape index (κ1) is 58.8. The smallest absolute Gasteiger partial charge is 0.202 e. The first-order valence-corrected chi connectivity index (χ1v) is 26.0. The lowest BCUT2D eigenvalue weighted by Gasteiger charge is -2.46. The molecule has 25 atom stereocenters. The van der Waals surface area contributed by atoms with Gasteiger partial charge in [-0.25, -0.2) is 0 Å². The van der Waals surface area contributed by atoms with Crippen LogP contribution in [0.5, 0.6) is 17.2 Å². The van der Waals surface area contributed by atoms with Crippen LogP contribution in [-0.2, 0) is 58.6 Å². The molecule has 24 heteroatoms. The highest BCUT2D eigenvalue weighted by Crippen LogP contribution is 2.47. The van der Waals surface area contributed by atoms with Crippen LogP contribution < -0.4 is 4.74 Å². The minimum atomic E-state index is -1.95. The summed E-state index contributed by atoms with van der Waals surface area (Å²) in [4.78, 5) is 28.9. The number of aromatic hydroxyl groups is 2. The number of phenolic OH excluding ortho intramolecular Hbond substituents is 2. The van der Waals surface area contributed by atoms with Crippen LogP contribution in [0.15, 0.2) is 12.1 Å². The number of hydrogen-bond donors (Lipinski definition) is 11. The Morgan fingerprint density at radius 3 is 1.70 bits per heavy atom. The molecular formula is C52H76O24. The Balaban J connectivity index is 1.04. The minimum Gasteiger partial charge on any atom is -0.507 e. The van der Waals surface area contributed by atoms with Gasteiger partial charge in [-0.05, 0) is 84.9 Å². The van der Waals surface area contributed by atoms with E-state index in [1.54, 1.807) is 27.7 Å². The van der Waals surface area contributed by atoms with Crippen molar-refractivity contribution in [2.45, 2.75) is 241 Å². The molecule has 11 N–H and O–H groups in total. The summed E-state index contributed by atoms with van der Waals surface area (Å²) >= 11 is 0. The van der Waals surface area contributed by atoms with Gasteiger partial charge in [-0.1, -0.05) is 0 Å². The highest BCUT2D eigenvalue weighted by Gasteiger charge is 2.51. The fraction of sp³-hybridized carbons (Fsp3) is 0.769. The Labute approximate surface area is 439 Å². The number of fused-ring (bicyclic) bond motifs is 2. The summed E-state index contributed by atoms with van der Waals surface area (Å²) in [6.07, 6.45) is -27.0. The first-order valence-electron chi connectivity index (χ1n) is 26.0. The largest absolute Gasteiger partial charge is 0.507 e. The standard InChI is InChI=1S/C52H76O24/c1-18-29(72-34-14-30(43(58)21(4)68-34)73-33-13-28(54)42(57)20(3)67-33)12-26-10-25-11-27(49(66-9)48(63)41(56)19(2)53)50(47(62)39(25)46(61)38(26)40(18)55)76-36-16-31(44(59)23(6)70-36)74-35-15-32(45(60)22(5)69-35)75-37-17-52(8,65)51(64)24(7)71-37/h10,12,19-24,27-28,30-37,41-45,49-51,53-61,64-65H,11,13-17H2,1-9H3/t19-,20?,21?,22?,23?,24?,27+,28-,30-,31-,32+,33+,34+,35+,36+,37+,41+,42+,43+,44+,45+,49+,50+,51+,52+/m1/s1. The SMILES string of the molecule is CO[C@H](C(=O)[C@@H](O)[C@@H](C)O)[C@@H]1Cc2cc3cc(O[C@H]4C[C@@H](O[C@H]5C[C@@H](O)[C@@H](O)C(C)O5)[C@@H](O)C(C)O4)c(C)c(O)c3c(O)c2C(=O)[C@H]1O[C@H]1C[C@@H](O[C@H]2C[C@H](O[C@H]3C[C@](C)(O)[C@@H](O)C(C)O3)[C@@H](O)C(C)O2)[C@@H](O)C(C)O1. The van der Waals surface area contributed by atoms with Gasteiger partial charge in [0.25, 0.3) is 0 Å². The number of aliphatic hydroxyl groups is 9. The summed E-state index contributed by atoms with van der Waals surface area (Å²) in [5, 5.41) is 120. The van der Waals surface area contributed by atoms with Crippen LogP contribution in [0.4, 0.5) is 0 Å². The van der Waals surface area contributed by atoms with Crippen LogP contribution in [0.1, 0.15) is 102 Å². The predicted molar refractivity (Wildman–Crippen MR) is 259 cm³/mol. The molecule has 428 valence electrons. The summed E-state index contributed by atoms with van der Waals surface area (Å²) in [6.45, 7) is 12.1. The van der Waals surface area contributed by atoms with Gasteiger partial charge < -0.3 is 108 Å². The van der Waals surface area contributed by atoms with Crippen LogP contribution in [0.3, 0.4) is 0 Å². The number of rotatable bonds is 15. The Morgan fingerprint density at radius 2 is 1.17 bits per heavy atom. The van der Waals surface area contributed by atoms with Crippen molar-refractivity contribution in [3.8, 4) is 17.2 Å². The van der Waals surface area contributed by atoms with Gasteiger partial charge in [0.2, 0.25) is 6.29 Å². The molecule has 5 aliphatic heterocycles. The number of benzene rings is 2. The zero-order chi connectivity index (χ0) is 55.6. The van der Waals surface area contributed by atoms with E-state index in [1.165, 1.54) is 46.9 Å². The second-order valence-corrected chi connectivity index (χ2v) is 21.7. The van der Waals surface area contributed by atoms with E-state index in [1.807, 2.05) is 0 Å². The Kier molecular flexibility index (Phi) is 18.1. The van der Waals surface area contributed by atoms with Crippen molar-refractivity contribution in [3.63, 3.8) is 0 Å². The van der Waals surface area contributed by atoms with Gasteiger partial charge >= 0.3 is 0 Å². The van der Waals surface area contributed by atoms with Crippen molar-refractivity contribution in [1.29, 1.82) is 0 Å². The van der Waals surface area contributed by atoms with Crippen molar-refractivity contribution in [1.82, 2.24) is 0 Å². The van der Waals surface area contributed by atoms with Crippen molar-refractivity contribution in [2.75, 3.05) is 7.11 Å². The molecule has 5 saturated heterocycles. The molecule has 5 fully saturated rings. The molecule has 1 aliphatic carbocycles. The average Bonchev–Trinajstić information content (AvgIpc) is 3.38. The maximum Gasteiger partial charge on any atom is 0.202 e. The lowest BCUT2D eigenvalue weighted by molar-refractivity contribution is -0.334. The molecule has 24 nitrogen and oxygen atoms in total. The first-order chi connectivity index (χ1) is 35.7. The van der Waals surface area contributed by atoms with E-state index in [9.17, 15) is 61.0 Å². The van der Waals surface area contributed by atoms with Crippen molar-refractivity contribution < 1.29 is 118 Å². The van der Waals surface area contributed by atoms with Gasteiger partial charge in [-0.15, -0.1) is 0 Å². The lowest BCUT2D eigenvalue weighted by atomic mass is 9.75. The molecule has 0 spiro atoms. The van der Waals surface area contributed by atoms with E-state index in [2.05, 4.69) is 0 Å².